The Kier molecular flexibility index (Phi) is 3.72. The maximum atomic E-state index is 13.4. The van der Waals surface area contributed by atoms with E-state index in [1.54, 1.807) is 0 Å². The normalized spacial score (nSPS) is 20.8. The van der Waals surface area contributed by atoms with Gasteiger partial charge in [0.2, 0.25) is 0 Å². The van der Waals surface area contributed by atoms with Crippen molar-refractivity contribution in [3.63, 3.8) is 0 Å². The van der Waals surface area contributed by atoms with Gasteiger partial charge in [0.05, 0.1) is 19.3 Å². The Labute approximate surface area is 101 Å². The number of alkyl halides is 3. The molecule has 0 radical (unpaired) electrons. The molecule has 100 valence electrons. The van der Waals surface area contributed by atoms with Gasteiger partial charge in [0.15, 0.2) is 11.6 Å². The molecule has 0 bridgehead atoms. The van der Waals surface area contributed by atoms with Gasteiger partial charge >= 0.3 is 6.36 Å². The van der Waals surface area contributed by atoms with Gasteiger partial charge < -0.3 is 14.8 Å². The summed E-state index contributed by atoms with van der Waals surface area (Å²) in [5, 5.41) is 3.08. The van der Waals surface area contributed by atoms with Crippen LogP contribution in [0.3, 0.4) is 0 Å². The lowest BCUT2D eigenvalue weighted by atomic mass is 10.1. The zero-order valence-electron chi connectivity index (χ0n) is 9.26. The van der Waals surface area contributed by atoms with Crippen LogP contribution in [0.25, 0.3) is 0 Å². The Hall–Kier alpha value is -1.34. The van der Waals surface area contributed by atoms with Crippen LogP contribution in [0.1, 0.15) is 11.6 Å². The number of rotatable bonds is 2. The average Bonchev–Trinajstić information content (AvgIpc) is 2.31. The Morgan fingerprint density at radius 1 is 1.33 bits per heavy atom. The highest BCUT2D eigenvalue weighted by molar-refractivity contribution is 5.31. The predicted octanol–water partition coefficient (Wildman–Crippen LogP) is 2.39. The molecule has 2 rings (SSSR count). The molecular formula is C11H11F4NO2. The summed E-state index contributed by atoms with van der Waals surface area (Å²) < 4.78 is 58.0. The van der Waals surface area contributed by atoms with Crippen molar-refractivity contribution >= 4 is 0 Å². The van der Waals surface area contributed by atoms with Gasteiger partial charge in [-0.3, -0.25) is 0 Å². The van der Waals surface area contributed by atoms with Gasteiger partial charge in [-0.05, 0) is 17.7 Å². The summed E-state index contributed by atoms with van der Waals surface area (Å²) in [6, 6.07) is 3.16. The largest absolute Gasteiger partial charge is 0.573 e. The van der Waals surface area contributed by atoms with E-state index in [1.165, 1.54) is 6.07 Å². The van der Waals surface area contributed by atoms with E-state index >= 15 is 0 Å². The van der Waals surface area contributed by atoms with E-state index < -0.39 is 17.9 Å². The first-order chi connectivity index (χ1) is 8.46. The molecule has 0 aliphatic carbocycles. The Morgan fingerprint density at radius 3 is 2.67 bits per heavy atom. The van der Waals surface area contributed by atoms with Gasteiger partial charge in [0, 0.05) is 6.54 Å². The number of nitrogens with one attached hydrogen (secondary N) is 1. The summed E-state index contributed by atoms with van der Waals surface area (Å²) in [4.78, 5) is 0. The molecule has 1 heterocycles. The van der Waals surface area contributed by atoms with Crippen LogP contribution in [0.2, 0.25) is 0 Å². The zero-order valence-corrected chi connectivity index (χ0v) is 9.26. The second kappa shape index (κ2) is 5.11. The van der Waals surface area contributed by atoms with Crippen molar-refractivity contribution in [2.45, 2.75) is 12.4 Å². The van der Waals surface area contributed by atoms with Crippen LogP contribution < -0.4 is 10.1 Å². The summed E-state index contributed by atoms with van der Waals surface area (Å²) in [5.74, 6) is -1.87. The summed E-state index contributed by atoms with van der Waals surface area (Å²) in [7, 11) is 0. The molecule has 1 unspecified atom stereocenters. The molecule has 7 heteroatoms. The predicted molar refractivity (Wildman–Crippen MR) is 54.6 cm³/mol. The fourth-order valence-electron chi connectivity index (χ4n) is 1.72. The molecule has 0 spiro atoms. The van der Waals surface area contributed by atoms with Gasteiger partial charge in [0.1, 0.15) is 0 Å². The first-order valence-electron chi connectivity index (χ1n) is 5.32. The maximum absolute atomic E-state index is 13.4. The molecule has 1 aromatic carbocycles. The monoisotopic (exact) mass is 265 g/mol. The van der Waals surface area contributed by atoms with E-state index in [-0.39, 0.29) is 6.04 Å². The number of halogens is 4. The van der Waals surface area contributed by atoms with Crippen molar-refractivity contribution in [3.05, 3.63) is 29.6 Å². The second-order valence-electron chi connectivity index (χ2n) is 3.82. The van der Waals surface area contributed by atoms with Gasteiger partial charge in [-0.1, -0.05) is 6.07 Å². The minimum atomic E-state index is -4.89. The second-order valence-corrected chi connectivity index (χ2v) is 3.82. The fraction of sp³-hybridized carbons (Fsp3) is 0.455. The summed E-state index contributed by atoms with van der Waals surface area (Å²) in [6.45, 7) is 1.54. The molecule has 1 atom stereocenters. The Morgan fingerprint density at radius 2 is 2.11 bits per heavy atom. The highest BCUT2D eigenvalue weighted by Crippen LogP contribution is 2.28. The lowest BCUT2D eigenvalue weighted by molar-refractivity contribution is -0.275. The first kappa shape index (κ1) is 13.1. The van der Waals surface area contributed by atoms with Crippen molar-refractivity contribution in [1.29, 1.82) is 0 Å². The van der Waals surface area contributed by atoms with Crippen molar-refractivity contribution in [3.8, 4) is 5.75 Å². The number of morpholine rings is 1. The summed E-state index contributed by atoms with van der Waals surface area (Å²) in [5.41, 5.74) is 0.529. The van der Waals surface area contributed by atoms with Crippen LogP contribution in [-0.2, 0) is 4.74 Å². The summed E-state index contributed by atoms with van der Waals surface area (Å²) >= 11 is 0. The van der Waals surface area contributed by atoms with Crippen LogP contribution in [0.4, 0.5) is 17.6 Å². The van der Waals surface area contributed by atoms with E-state index in [0.29, 0.717) is 25.3 Å². The van der Waals surface area contributed by atoms with E-state index in [4.69, 9.17) is 4.74 Å². The number of hydrogen-bond acceptors (Lipinski definition) is 3. The molecule has 1 saturated heterocycles. The number of hydrogen-bond donors (Lipinski definition) is 1. The third-order valence-corrected chi connectivity index (χ3v) is 2.51. The highest BCUT2D eigenvalue weighted by Gasteiger charge is 2.32. The SMILES string of the molecule is Fc1cc(C2COCCN2)ccc1OC(F)(F)F. The van der Waals surface area contributed by atoms with Crippen LogP contribution in [0.15, 0.2) is 18.2 Å². The summed E-state index contributed by atoms with van der Waals surface area (Å²) in [6.07, 6.45) is -4.89. The van der Waals surface area contributed by atoms with Gasteiger partial charge in [-0.15, -0.1) is 13.2 Å². The highest BCUT2D eigenvalue weighted by atomic mass is 19.4. The topological polar surface area (TPSA) is 30.5 Å². The molecule has 1 N–H and O–H groups in total. The lowest BCUT2D eigenvalue weighted by Crippen LogP contribution is -2.34. The molecule has 0 saturated carbocycles. The molecule has 0 amide bonds. The van der Waals surface area contributed by atoms with Crippen molar-refractivity contribution < 1.29 is 27.0 Å². The van der Waals surface area contributed by atoms with Crippen molar-refractivity contribution in [2.75, 3.05) is 19.8 Å². The maximum Gasteiger partial charge on any atom is 0.573 e. The molecule has 1 aliphatic rings. The van der Waals surface area contributed by atoms with E-state index in [9.17, 15) is 17.6 Å². The molecule has 0 aromatic heterocycles. The molecule has 1 aromatic rings. The van der Waals surface area contributed by atoms with Crippen LogP contribution in [0.5, 0.6) is 5.75 Å². The average molecular weight is 265 g/mol. The van der Waals surface area contributed by atoms with Crippen molar-refractivity contribution in [2.24, 2.45) is 0 Å². The lowest BCUT2D eigenvalue weighted by Gasteiger charge is -2.24. The quantitative estimate of drug-likeness (QED) is 0.833. The molecule has 3 nitrogen and oxygen atoms in total. The van der Waals surface area contributed by atoms with Crippen LogP contribution in [-0.4, -0.2) is 26.1 Å². The third kappa shape index (κ3) is 3.33. The third-order valence-electron chi connectivity index (χ3n) is 2.51. The molecule has 18 heavy (non-hydrogen) atoms. The van der Waals surface area contributed by atoms with Gasteiger partial charge in [-0.25, -0.2) is 4.39 Å². The van der Waals surface area contributed by atoms with E-state index in [0.717, 1.165) is 12.1 Å². The van der Waals surface area contributed by atoms with E-state index in [1.807, 2.05) is 0 Å². The number of benzene rings is 1. The molecule has 1 aliphatic heterocycles. The fourth-order valence-corrected chi connectivity index (χ4v) is 1.72. The number of ether oxygens (including phenoxy) is 2. The first-order valence-corrected chi connectivity index (χ1v) is 5.32. The standard InChI is InChI=1S/C11H11F4NO2/c12-8-5-7(9-6-17-4-3-16-9)1-2-10(8)18-11(13,14)15/h1-2,5,9,16H,3-4,6H2. The van der Waals surface area contributed by atoms with Crippen molar-refractivity contribution in [1.82, 2.24) is 5.32 Å². The zero-order chi connectivity index (χ0) is 13.2. The minimum absolute atomic E-state index is 0.215. The van der Waals surface area contributed by atoms with Gasteiger partial charge in [0.25, 0.3) is 0 Å². The van der Waals surface area contributed by atoms with Crippen LogP contribution in [0, 0.1) is 5.82 Å². The molecular weight excluding hydrogens is 254 g/mol. The Bertz CT molecular complexity index is 416. The minimum Gasteiger partial charge on any atom is -0.403 e. The van der Waals surface area contributed by atoms with Crippen LogP contribution >= 0.6 is 0 Å². The molecule has 1 fully saturated rings. The smallest absolute Gasteiger partial charge is 0.403 e. The van der Waals surface area contributed by atoms with E-state index in [2.05, 4.69) is 10.1 Å². The van der Waals surface area contributed by atoms with Gasteiger partial charge in [-0.2, -0.15) is 0 Å². The Balaban J connectivity index is 2.13.